The summed E-state index contributed by atoms with van der Waals surface area (Å²) in [4.78, 5) is 0. The maximum absolute atomic E-state index is 10.3. The lowest BCUT2D eigenvalue weighted by Crippen LogP contribution is -2.32. The molecule has 0 aliphatic heterocycles. The normalized spacial score (nSPS) is 18.4. The van der Waals surface area contributed by atoms with Gasteiger partial charge in [0.1, 0.15) is 5.25 Å². The van der Waals surface area contributed by atoms with Crippen molar-refractivity contribution in [2.24, 2.45) is 0 Å². The Balaban J connectivity index is 4.23. The van der Waals surface area contributed by atoms with Gasteiger partial charge in [0.25, 0.3) is 10.1 Å². The van der Waals surface area contributed by atoms with Crippen molar-refractivity contribution in [3.05, 3.63) is 0 Å². The van der Waals surface area contributed by atoms with Crippen molar-refractivity contribution < 1.29 is 18.1 Å². The smallest absolute Gasteiger partial charge is 0.270 e. The number of aliphatic hydroxyl groups excluding tert-OH is 1. The summed E-state index contributed by atoms with van der Waals surface area (Å²) in [6.07, 6.45) is -1.21. The Labute approximate surface area is 64.6 Å². The highest BCUT2D eigenvalue weighted by atomic mass is 35.5. The van der Waals surface area contributed by atoms with Crippen molar-refractivity contribution in [3.63, 3.8) is 0 Å². The summed E-state index contributed by atoms with van der Waals surface area (Å²) in [5, 5.41) is 7.57. The quantitative estimate of drug-likeness (QED) is 0.478. The lowest BCUT2D eigenvalue weighted by Gasteiger charge is -2.11. The van der Waals surface area contributed by atoms with Gasteiger partial charge < -0.3 is 5.11 Å². The van der Waals surface area contributed by atoms with E-state index in [1.807, 2.05) is 0 Å². The largest absolute Gasteiger partial charge is 0.390 e. The van der Waals surface area contributed by atoms with E-state index in [1.54, 1.807) is 0 Å². The van der Waals surface area contributed by atoms with Gasteiger partial charge in [-0.2, -0.15) is 8.42 Å². The van der Waals surface area contributed by atoms with Crippen molar-refractivity contribution in [3.8, 4) is 0 Å². The Kier molecular flexibility index (Phi) is 3.58. The molecule has 0 heterocycles. The van der Waals surface area contributed by atoms with E-state index in [0.717, 1.165) is 0 Å². The predicted molar refractivity (Wildman–Crippen MR) is 37.7 cm³/mol. The highest BCUT2D eigenvalue weighted by Crippen LogP contribution is 2.04. The van der Waals surface area contributed by atoms with E-state index < -0.39 is 21.5 Å². The molecule has 62 valence electrons. The van der Waals surface area contributed by atoms with Crippen LogP contribution in [0.15, 0.2) is 0 Å². The van der Waals surface area contributed by atoms with Crippen molar-refractivity contribution in [2.45, 2.75) is 18.3 Å². The van der Waals surface area contributed by atoms with Crippen LogP contribution in [0.25, 0.3) is 0 Å². The van der Waals surface area contributed by atoms with E-state index in [1.165, 1.54) is 6.92 Å². The molecule has 0 aromatic carbocycles. The van der Waals surface area contributed by atoms with Crippen LogP contribution < -0.4 is 0 Å². The molecule has 0 aromatic heterocycles. The third-order valence-electron chi connectivity index (χ3n) is 1.17. The SMILES string of the molecule is CC(C(O)CCl)S(=O)(=O)O. The number of halogens is 1. The van der Waals surface area contributed by atoms with Crippen molar-refractivity contribution in [1.82, 2.24) is 0 Å². The van der Waals surface area contributed by atoms with Crippen LogP contribution in [-0.2, 0) is 10.1 Å². The van der Waals surface area contributed by atoms with Crippen molar-refractivity contribution >= 4 is 21.7 Å². The van der Waals surface area contributed by atoms with Crippen LogP contribution in [-0.4, -0.2) is 35.3 Å². The standard InChI is InChI=1S/C4H9ClO4S/c1-3(4(6)2-5)10(7,8)9/h3-4,6H,2H2,1H3,(H,7,8,9). The van der Waals surface area contributed by atoms with Gasteiger partial charge in [-0.1, -0.05) is 0 Å². The average molecular weight is 189 g/mol. The number of aliphatic hydroxyl groups is 1. The van der Waals surface area contributed by atoms with Crippen molar-refractivity contribution in [2.75, 3.05) is 5.88 Å². The number of hydrogen-bond donors (Lipinski definition) is 2. The summed E-state index contributed by atoms with van der Waals surface area (Å²) in [5.74, 6) is -0.207. The molecule has 0 bridgehead atoms. The van der Waals surface area contributed by atoms with Crippen LogP contribution in [0.2, 0.25) is 0 Å². The molecule has 10 heavy (non-hydrogen) atoms. The lowest BCUT2D eigenvalue weighted by molar-refractivity contribution is 0.192. The first-order chi connectivity index (χ1) is 4.39. The first-order valence-corrected chi connectivity index (χ1v) is 4.63. The third kappa shape index (κ3) is 2.83. The van der Waals surface area contributed by atoms with E-state index >= 15 is 0 Å². The molecule has 2 atom stereocenters. The Morgan fingerprint density at radius 3 is 2.10 bits per heavy atom. The first kappa shape index (κ1) is 10.2. The lowest BCUT2D eigenvalue weighted by atomic mass is 10.3. The van der Waals surface area contributed by atoms with Crippen molar-refractivity contribution in [1.29, 1.82) is 0 Å². The molecule has 0 fully saturated rings. The zero-order valence-electron chi connectivity index (χ0n) is 5.36. The van der Waals surface area contributed by atoms with Gasteiger partial charge in [-0.05, 0) is 6.92 Å². The molecule has 0 aromatic rings. The minimum atomic E-state index is -4.15. The Morgan fingerprint density at radius 1 is 1.60 bits per heavy atom. The monoisotopic (exact) mass is 188 g/mol. The fourth-order valence-corrected chi connectivity index (χ4v) is 1.19. The third-order valence-corrected chi connectivity index (χ3v) is 2.74. The van der Waals surface area contributed by atoms with E-state index in [-0.39, 0.29) is 5.88 Å². The molecule has 0 aliphatic rings. The van der Waals surface area contributed by atoms with Gasteiger partial charge in [0, 0.05) is 5.88 Å². The van der Waals surface area contributed by atoms with E-state index in [4.69, 9.17) is 21.3 Å². The van der Waals surface area contributed by atoms with Gasteiger partial charge in [-0.3, -0.25) is 4.55 Å². The molecular weight excluding hydrogens is 180 g/mol. The van der Waals surface area contributed by atoms with Crippen LogP contribution in [0, 0.1) is 0 Å². The second-order valence-corrected chi connectivity index (χ2v) is 4.02. The van der Waals surface area contributed by atoms with Crippen LogP contribution in [0.5, 0.6) is 0 Å². The van der Waals surface area contributed by atoms with Gasteiger partial charge >= 0.3 is 0 Å². The zero-order valence-corrected chi connectivity index (χ0v) is 6.93. The molecule has 0 saturated carbocycles. The van der Waals surface area contributed by atoms with E-state index in [0.29, 0.717) is 0 Å². The Bertz CT molecular complexity index is 187. The molecule has 2 N–H and O–H groups in total. The predicted octanol–water partition coefficient (Wildman–Crippen LogP) is -0.138. The number of hydrogen-bond acceptors (Lipinski definition) is 3. The fourth-order valence-electron chi connectivity index (χ4n) is 0.324. The Morgan fingerprint density at radius 2 is 2.00 bits per heavy atom. The molecule has 0 spiro atoms. The molecule has 0 amide bonds. The molecule has 0 rings (SSSR count). The molecular formula is C4H9ClO4S. The highest BCUT2D eigenvalue weighted by molar-refractivity contribution is 7.86. The van der Waals surface area contributed by atoms with Crippen LogP contribution in [0.4, 0.5) is 0 Å². The van der Waals surface area contributed by atoms with Gasteiger partial charge in [-0.25, -0.2) is 0 Å². The second kappa shape index (κ2) is 3.52. The zero-order chi connectivity index (χ0) is 8.36. The van der Waals surface area contributed by atoms with Crippen LogP contribution in [0.3, 0.4) is 0 Å². The minimum Gasteiger partial charge on any atom is -0.390 e. The van der Waals surface area contributed by atoms with Gasteiger partial charge in [0.2, 0.25) is 0 Å². The van der Waals surface area contributed by atoms with Crippen LogP contribution in [0.1, 0.15) is 6.92 Å². The number of rotatable bonds is 3. The van der Waals surface area contributed by atoms with Gasteiger partial charge in [0.05, 0.1) is 6.10 Å². The minimum absolute atomic E-state index is 0.207. The summed E-state index contributed by atoms with van der Waals surface area (Å²) in [7, 11) is -4.15. The molecule has 4 nitrogen and oxygen atoms in total. The van der Waals surface area contributed by atoms with Gasteiger partial charge in [0.15, 0.2) is 0 Å². The maximum Gasteiger partial charge on any atom is 0.270 e. The summed E-state index contributed by atoms with van der Waals surface area (Å²) >= 11 is 5.13. The van der Waals surface area contributed by atoms with Gasteiger partial charge in [-0.15, -0.1) is 11.6 Å². The average Bonchev–Trinajstić information content (AvgIpc) is 1.83. The highest BCUT2D eigenvalue weighted by Gasteiger charge is 2.24. The maximum atomic E-state index is 10.3. The van der Waals surface area contributed by atoms with E-state index in [9.17, 15) is 8.42 Å². The second-order valence-electron chi connectivity index (χ2n) is 1.94. The molecule has 0 radical (unpaired) electrons. The Hall–Kier alpha value is 0.160. The molecule has 0 saturated heterocycles. The number of alkyl halides is 1. The molecule has 0 aliphatic carbocycles. The summed E-state index contributed by atoms with van der Waals surface area (Å²) < 4.78 is 28.9. The van der Waals surface area contributed by atoms with E-state index in [2.05, 4.69) is 0 Å². The summed E-state index contributed by atoms with van der Waals surface area (Å²) in [5.41, 5.74) is 0. The fraction of sp³-hybridized carbons (Fsp3) is 1.00. The summed E-state index contributed by atoms with van der Waals surface area (Å²) in [6.45, 7) is 1.18. The molecule has 6 heteroatoms. The molecule has 2 unspecified atom stereocenters. The first-order valence-electron chi connectivity index (χ1n) is 2.60. The van der Waals surface area contributed by atoms with Crippen LogP contribution >= 0.6 is 11.6 Å². The topological polar surface area (TPSA) is 74.6 Å². The summed E-state index contributed by atoms with van der Waals surface area (Å²) in [6, 6.07) is 0.